The minimum absolute atomic E-state index is 0.115. The van der Waals surface area contributed by atoms with E-state index in [0.29, 0.717) is 5.69 Å². The number of anilines is 1. The van der Waals surface area contributed by atoms with Gasteiger partial charge in [-0.3, -0.25) is 9.59 Å². The number of para-hydroxylation sites is 1. The van der Waals surface area contributed by atoms with Crippen LogP contribution in [-0.2, 0) is 9.59 Å². The second-order valence-electron chi connectivity index (χ2n) is 6.40. The number of imide groups is 1. The summed E-state index contributed by atoms with van der Waals surface area (Å²) in [5, 5.41) is 0. The van der Waals surface area contributed by atoms with Crippen molar-refractivity contribution in [2.45, 2.75) is 13.0 Å². The number of nitrogens with zero attached hydrogens (tertiary/aromatic N) is 2. The van der Waals surface area contributed by atoms with Crippen LogP contribution in [0.3, 0.4) is 0 Å². The number of amides is 2. The molecule has 5 rings (SSSR count). The van der Waals surface area contributed by atoms with Crippen molar-refractivity contribution < 1.29 is 9.59 Å². The second kappa shape index (κ2) is 4.26. The van der Waals surface area contributed by atoms with E-state index in [9.17, 15) is 9.59 Å². The standard InChI is InChI=1S/C17H16N2O2S/c1-17-9-8-11(18(2)16(17)22)12-13(17)15(21)19(14(12)20)10-6-4-3-5-7-10/h3-9,11-13H,1-2H3/t11-,12-,13+,17+/m1/s1. The van der Waals surface area contributed by atoms with Gasteiger partial charge in [-0.25, -0.2) is 4.90 Å². The number of hydrogen-bond donors (Lipinski definition) is 0. The lowest BCUT2D eigenvalue weighted by Gasteiger charge is -2.52. The van der Waals surface area contributed by atoms with Crippen LogP contribution >= 0.6 is 12.2 Å². The van der Waals surface area contributed by atoms with Gasteiger partial charge in [0.2, 0.25) is 11.8 Å². The van der Waals surface area contributed by atoms with Gasteiger partial charge in [0, 0.05) is 12.5 Å². The summed E-state index contributed by atoms with van der Waals surface area (Å²) in [7, 11) is 1.91. The molecular weight excluding hydrogens is 296 g/mol. The van der Waals surface area contributed by atoms with Crippen LogP contribution < -0.4 is 4.90 Å². The maximum atomic E-state index is 13.0. The average Bonchev–Trinajstić information content (AvgIpc) is 2.79. The SMILES string of the molecule is CN1C(=S)[C@@]2(C)C=C[C@@H]1[C@H]1C(=O)N(c3ccccc3)C(=O)[C@H]12. The number of hydrogen-bond acceptors (Lipinski definition) is 3. The molecule has 2 bridgehead atoms. The summed E-state index contributed by atoms with van der Waals surface area (Å²) in [6.07, 6.45) is 4.04. The fourth-order valence-corrected chi connectivity index (χ4v) is 4.43. The number of likely N-dealkylation sites (N-methyl/N-ethyl adjacent to an activating group) is 1. The van der Waals surface area contributed by atoms with E-state index >= 15 is 0 Å². The Morgan fingerprint density at radius 2 is 1.82 bits per heavy atom. The number of carbonyl (C=O) groups excluding carboxylic acids is 2. The van der Waals surface area contributed by atoms with Crippen LogP contribution in [0.15, 0.2) is 42.5 Å². The van der Waals surface area contributed by atoms with Crippen molar-refractivity contribution in [3.8, 4) is 0 Å². The van der Waals surface area contributed by atoms with Crippen LogP contribution in [0.4, 0.5) is 5.69 Å². The van der Waals surface area contributed by atoms with E-state index in [1.807, 2.05) is 49.2 Å². The van der Waals surface area contributed by atoms with Crippen LogP contribution in [-0.4, -0.2) is 34.8 Å². The molecule has 5 heteroatoms. The summed E-state index contributed by atoms with van der Waals surface area (Å²) in [6, 6.07) is 9.02. The number of benzene rings is 1. The summed E-state index contributed by atoms with van der Waals surface area (Å²) < 4.78 is 0. The average molecular weight is 312 g/mol. The van der Waals surface area contributed by atoms with Gasteiger partial charge in [-0.2, -0.15) is 0 Å². The highest BCUT2D eigenvalue weighted by molar-refractivity contribution is 7.80. The highest BCUT2D eigenvalue weighted by Gasteiger charge is 2.64. The molecule has 0 aromatic heterocycles. The fourth-order valence-electron chi connectivity index (χ4n) is 4.11. The largest absolute Gasteiger partial charge is 0.361 e. The van der Waals surface area contributed by atoms with Crippen LogP contribution in [0, 0.1) is 17.3 Å². The molecule has 3 aliphatic heterocycles. The first-order chi connectivity index (χ1) is 10.5. The summed E-state index contributed by atoms with van der Waals surface area (Å²) in [5.74, 6) is -0.983. The van der Waals surface area contributed by atoms with Crippen molar-refractivity contribution in [1.29, 1.82) is 0 Å². The van der Waals surface area contributed by atoms with Crippen molar-refractivity contribution in [2.24, 2.45) is 17.3 Å². The number of thiocarbonyl (C=S) groups is 1. The van der Waals surface area contributed by atoms with Crippen molar-refractivity contribution in [1.82, 2.24) is 4.90 Å². The molecule has 0 spiro atoms. The van der Waals surface area contributed by atoms with E-state index in [1.165, 1.54) is 4.90 Å². The number of fused-ring (bicyclic) bond motifs is 1. The molecule has 4 atom stereocenters. The topological polar surface area (TPSA) is 40.6 Å². The molecule has 0 unspecified atom stereocenters. The van der Waals surface area contributed by atoms with Gasteiger partial charge in [0.15, 0.2) is 0 Å². The third-order valence-corrected chi connectivity index (χ3v) is 5.98. The lowest BCUT2D eigenvalue weighted by molar-refractivity contribution is -0.124. The van der Waals surface area contributed by atoms with Gasteiger partial charge in [0.1, 0.15) is 0 Å². The normalized spacial score (nSPS) is 36.3. The zero-order valence-corrected chi connectivity index (χ0v) is 13.2. The van der Waals surface area contributed by atoms with E-state index in [1.54, 1.807) is 12.1 Å². The van der Waals surface area contributed by atoms with Crippen LogP contribution in [0.5, 0.6) is 0 Å². The van der Waals surface area contributed by atoms with Crippen LogP contribution in [0.25, 0.3) is 0 Å². The summed E-state index contributed by atoms with van der Waals surface area (Å²) in [4.78, 5) is 30.0. The van der Waals surface area contributed by atoms with Gasteiger partial charge < -0.3 is 4.90 Å². The first kappa shape index (κ1) is 13.6. The maximum absolute atomic E-state index is 13.0. The predicted octanol–water partition coefficient (Wildman–Crippen LogP) is 2.01. The zero-order valence-electron chi connectivity index (χ0n) is 12.4. The van der Waals surface area contributed by atoms with Crippen molar-refractivity contribution >= 4 is 34.7 Å². The highest BCUT2D eigenvalue weighted by atomic mass is 32.1. The van der Waals surface area contributed by atoms with Gasteiger partial charge in [-0.1, -0.05) is 42.6 Å². The molecule has 0 radical (unpaired) electrons. The van der Waals surface area contributed by atoms with Crippen LogP contribution in [0.2, 0.25) is 0 Å². The molecule has 3 heterocycles. The van der Waals surface area contributed by atoms with Gasteiger partial charge in [-0.05, 0) is 19.1 Å². The molecule has 112 valence electrons. The molecule has 2 fully saturated rings. The Morgan fingerprint density at radius 1 is 1.14 bits per heavy atom. The summed E-state index contributed by atoms with van der Waals surface area (Å²) in [6.45, 7) is 1.97. The molecule has 2 saturated heterocycles. The summed E-state index contributed by atoms with van der Waals surface area (Å²) >= 11 is 5.56. The van der Waals surface area contributed by atoms with Crippen LogP contribution in [0.1, 0.15) is 6.92 Å². The third kappa shape index (κ3) is 1.44. The molecular formula is C17H16N2O2S. The Morgan fingerprint density at radius 3 is 2.50 bits per heavy atom. The van der Waals surface area contributed by atoms with Gasteiger partial charge in [-0.15, -0.1) is 0 Å². The molecule has 1 aliphatic carbocycles. The number of carbonyl (C=O) groups is 2. The number of rotatable bonds is 1. The maximum Gasteiger partial charge on any atom is 0.240 e. The Balaban J connectivity index is 1.85. The Hall–Kier alpha value is -2.01. The minimum Gasteiger partial charge on any atom is -0.361 e. The molecule has 2 amide bonds. The van der Waals surface area contributed by atoms with Crippen molar-refractivity contribution in [3.05, 3.63) is 42.5 Å². The van der Waals surface area contributed by atoms with Gasteiger partial charge in [0.25, 0.3) is 0 Å². The van der Waals surface area contributed by atoms with E-state index in [-0.39, 0.29) is 29.7 Å². The Labute approximate surface area is 134 Å². The molecule has 0 saturated carbocycles. The van der Waals surface area contributed by atoms with E-state index < -0.39 is 5.41 Å². The van der Waals surface area contributed by atoms with Gasteiger partial charge in [0.05, 0.1) is 28.6 Å². The minimum atomic E-state index is -0.556. The Kier molecular flexibility index (Phi) is 2.64. The predicted molar refractivity (Wildman–Crippen MR) is 87.3 cm³/mol. The fraction of sp³-hybridized carbons (Fsp3) is 0.353. The van der Waals surface area contributed by atoms with E-state index in [2.05, 4.69) is 0 Å². The molecule has 4 nitrogen and oxygen atoms in total. The summed E-state index contributed by atoms with van der Waals surface area (Å²) in [5.41, 5.74) is 0.0863. The first-order valence-corrected chi connectivity index (χ1v) is 7.77. The molecule has 0 N–H and O–H groups in total. The molecule has 1 aromatic rings. The lowest BCUT2D eigenvalue weighted by Crippen LogP contribution is -2.61. The molecule has 22 heavy (non-hydrogen) atoms. The van der Waals surface area contributed by atoms with E-state index in [4.69, 9.17) is 12.2 Å². The van der Waals surface area contributed by atoms with Crippen molar-refractivity contribution in [2.75, 3.05) is 11.9 Å². The smallest absolute Gasteiger partial charge is 0.240 e. The quantitative estimate of drug-likeness (QED) is 0.452. The van der Waals surface area contributed by atoms with E-state index in [0.717, 1.165) is 4.99 Å². The first-order valence-electron chi connectivity index (χ1n) is 7.36. The monoisotopic (exact) mass is 312 g/mol. The second-order valence-corrected chi connectivity index (χ2v) is 6.79. The van der Waals surface area contributed by atoms with Gasteiger partial charge >= 0.3 is 0 Å². The number of piperidine rings is 1. The van der Waals surface area contributed by atoms with Crippen molar-refractivity contribution in [3.63, 3.8) is 0 Å². The third-order valence-electron chi connectivity index (χ3n) is 5.25. The molecule has 4 aliphatic rings. The molecule has 1 aromatic carbocycles. The Bertz CT molecular complexity index is 729. The lowest BCUT2D eigenvalue weighted by atomic mass is 9.61. The zero-order chi connectivity index (χ0) is 15.6. The highest BCUT2D eigenvalue weighted by Crippen LogP contribution is 2.53.